The first kappa shape index (κ1) is 11.8. The molecule has 12 heavy (non-hydrogen) atoms. The van der Waals surface area contributed by atoms with Crippen molar-refractivity contribution in [2.45, 2.75) is 5.51 Å². The molecule has 0 aromatic heterocycles. The third-order valence-electron chi connectivity index (χ3n) is 0.879. The Balaban J connectivity index is 4.37. The van der Waals surface area contributed by atoms with Crippen LogP contribution in [0.4, 0.5) is 13.2 Å². The first-order chi connectivity index (χ1) is 5.17. The highest BCUT2D eigenvalue weighted by Crippen LogP contribution is 2.23. The van der Waals surface area contributed by atoms with Crippen LogP contribution in [-0.4, -0.2) is 34.2 Å². The fourth-order valence-corrected chi connectivity index (χ4v) is 1.98. The Kier molecular flexibility index (Phi) is 3.66. The van der Waals surface area contributed by atoms with E-state index in [0.717, 1.165) is 0 Å². The van der Waals surface area contributed by atoms with E-state index in [1.54, 1.807) is 0 Å². The van der Waals surface area contributed by atoms with Gasteiger partial charge in [-0.15, -0.1) is 0 Å². The molecule has 0 heterocycles. The topological polar surface area (TPSA) is 71.4 Å². The lowest BCUT2D eigenvalue weighted by molar-refractivity contribution is -0.0434. The van der Waals surface area contributed by atoms with Crippen molar-refractivity contribution >= 4 is 20.9 Å². The molecule has 1 N–H and O–H groups in total. The van der Waals surface area contributed by atoms with Gasteiger partial charge in [-0.25, -0.2) is 12.6 Å². The third kappa shape index (κ3) is 3.50. The van der Waals surface area contributed by atoms with Gasteiger partial charge >= 0.3 is 5.51 Å². The van der Waals surface area contributed by atoms with Crippen LogP contribution in [0.3, 0.4) is 0 Å². The smallest absolute Gasteiger partial charge is 0.306 e. The first-order valence-electron chi connectivity index (χ1n) is 2.53. The molecule has 0 spiro atoms. The van der Waals surface area contributed by atoms with Crippen LogP contribution in [0.5, 0.6) is 0 Å². The Morgan fingerprint density at radius 2 is 1.75 bits per heavy atom. The molecule has 1 unspecified atom stereocenters. The minimum Gasteiger partial charge on any atom is -0.306 e. The van der Waals surface area contributed by atoms with E-state index in [2.05, 4.69) is 0 Å². The highest BCUT2D eigenvalue weighted by molar-refractivity contribution is 7.93. The van der Waals surface area contributed by atoms with Crippen molar-refractivity contribution in [3.8, 4) is 0 Å². The average molecular weight is 226 g/mol. The molecular weight excluding hydrogens is 221 g/mol. The van der Waals surface area contributed by atoms with Crippen molar-refractivity contribution in [3.63, 3.8) is 0 Å². The van der Waals surface area contributed by atoms with Crippen molar-refractivity contribution < 1.29 is 30.4 Å². The highest BCUT2D eigenvalue weighted by atomic mass is 32.2. The van der Waals surface area contributed by atoms with E-state index in [4.69, 9.17) is 4.55 Å². The van der Waals surface area contributed by atoms with Gasteiger partial charge in [0.05, 0.1) is 11.5 Å². The molecule has 0 aromatic carbocycles. The van der Waals surface area contributed by atoms with Gasteiger partial charge in [0.25, 0.3) is 0 Å². The van der Waals surface area contributed by atoms with Crippen molar-refractivity contribution in [1.29, 1.82) is 0 Å². The van der Waals surface area contributed by atoms with E-state index >= 15 is 0 Å². The van der Waals surface area contributed by atoms with E-state index in [-0.39, 0.29) is 0 Å². The standard InChI is InChI=1S/C3H5F3O4S2/c4-3(5,6)12(9,10)2-1-11(7)8/h1-2H2,(H,7,8). The van der Waals surface area contributed by atoms with Crippen molar-refractivity contribution in [2.75, 3.05) is 11.5 Å². The molecule has 0 radical (unpaired) electrons. The van der Waals surface area contributed by atoms with Crippen LogP contribution >= 0.6 is 0 Å². The predicted molar refractivity (Wildman–Crippen MR) is 35.5 cm³/mol. The van der Waals surface area contributed by atoms with Crippen molar-refractivity contribution in [2.24, 2.45) is 0 Å². The molecule has 0 aliphatic heterocycles. The zero-order chi connectivity index (χ0) is 9.99. The van der Waals surface area contributed by atoms with Crippen LogP contribution < -0.4 is 0 Å². The SMILES string of the molecule is O=S(O)CCS(=O)(=O)C(F)(F)F. The number of rotatable bonds is 3. The van der Waals surface area contributed by atoms with E-state index in [1.807, 2.05) is 0 Å². The molecule has 0 rings (SSSR count). The first-order valence-corrected chi connectivity index (χ1v) is 5.46. The molecular formula is C3H5F3O4S2. The van der Waals surface area contributed by atoms with Gasteiger partial charge in [0.2, 0.25) is 9.84 Å². The number of hydrogen-bond donors (Lipinski definition) is 1. The second-order valence-corrected chi connectivity index (χ2v) is 4.94. The molecule has 0 aromatic rings. The zero-order valence-electron chi connectivity index (χ0n) is 5.54. The molecule has 4 nitrogen and oxygen atoms in total. The molecule has 74 valence electrons. The highest BCUT2D eigenvalue weighted by Gasteiger charge is 2.45. The molecule has 1 atom stereocenters. The molecule has 0 fully saturated rings. The third-order valence-corrected chi connectivity index (χ3v) is 3.14. The van der Waals surface area contributed by atoms with Crippen LogP contribution in [0.25, 0.3) is 0 Å². The van der Waals surface area contributed by atoms with Gasteiger partial charge in [-0.2, -0.15) is 13.2 Å². The van der Waals surface area contributed by atoms with Gasteiger partial charge < -0.3 is 4.55 Å². The summed E-state index contributed by atoms with van der Waals surface area (Å²) in [7, 11) is -5.25. The molecule has 0 aliphatic carbocycles. The number of alkyl halides is 3. The van der Waals surface area contributed by atoms with Crippen LogP contribution in [0.15, 0.2) is 0 Å². The maximum absolute atomic E-state index is 11.5. The number of hydrogen-bond acceptors (Lipinski definition) is 3. The van der Waals surface area contributed by atoms with E-state index in [9.17, 15) is 25.8 Å². The van der Waals surface area contributed by atoms with Crippen LogP contribution in [0, 0.1) is 0 Å². The predicted octanol–water partition coefficient (Wildman–Crippen LogP) is 0.143. The molecule has 0 bridgehead atoms. The summed E-state index contributed by atoms with van der Waals surface area (Å²) < 4.78 is 72.8. The second kappa shape index (κ2) is 3.71. The molecule has 0 amide bonds. The van der Waals surface area contributed by atoms with E-state index in [0.29, 0.717) is 0 Å². The molecule has 0 saturated carbocycles. The number of halogens is 3. The largest absolute Gasteiger partial charge is 0.497 e. The maximum atomic E-state index is 11.5. The summed E-state index contributed by atoms with van der Waals surface area (Å²) in [5.74, 6) is -2.29. The molecule has 9 heteroatoms. The fraction of sp³-hybridized carbons (Fsp3) is 1.00. The zero-order valence-corrected chi connectivity index (χ0v) is 7.17. The summed E-state index contributed by atoms with van der Waals surface area (Å²) in [4.78, 5) is 0. The lowest BCUT2D eigenvalue weighted by Crippen LogP contribution is -2.28. The van der Waals surface area contributed by atoms with Crippen LogP contribution in [0.2, 0.25) is 0 Å². The fourth-order valence-electron chi connectivity index (χ4n) is 0.297. The summed E-state index contributed by atoms with van der Waals surface area (Å²) in [6.07, 6.45) is 0. The maximum Gasteiger partial charge on any atom is 0.497 e. The Labute approximate surface area is 69.0 Å². The van der Waals surface area contributed by atoms with E-state index in [1.165, 1.54) is 0 Å². The Hall–Kier alpha value is -0.150. The van der Waals surface area contributed by atoms with Gasteiger partial charge in [0.15, 0.2) is 11.1 Å². The summed E-state index contributed by atoms with van der Waals surface area (Å²) in [6.45, 7) is 0. The lowest BCUT2D eigenvalue weighted by atomic mass is 11.0. The Bertz CT molecular complexity index is 266. The Morgan fingerprint density at radius 3 is 2.00 bits per heavy atom. The minimum atomic E-state index is -5.34. The monoisotopic (exact) mass is 226 g/mol. The average Bonchev–Trinajstić information content (AvgIpc) is 1.81. The van der Waals surface area contributed by atoms with Gasteiger partial charge in [0.1, 0.15) is 0 Å². The summed E-state index contributed by atoms with van der Waals surface area (Å²) in [5.41, 5.74) is -5.34. The normalized spacial score (nSPS) is 16.0. The van der Waals surface area contributed by atoms with Crippen molar-refractivity contribution in [3.05, 3.63) is 0 Å². The van der Waals surface area contributed by atoms with Gasteiger partial charge in [0, 0.05) is 0 Å². The summed E-state index contributed by atoms with van der Waals surface area (Å²) >= 11 is -2.53. The van der Waals surface area contributed by atoms with E-state index < -0.39 is 37.9 Å². The van der Waals surface area contributed by atoms with Crippen LogP contribution in [-0.2, 0) is 20.9 Å². The lowest BCUT2D eigenvalue weighted by Gasteiger charge is -2.05. The summed E-state index contributed by atoms with van der Waals surface area (Å²) in [5, 5.41) is 0. The van der Waals surface area contributed by atoms with Crippen LogP contribution in [0.1, 0.15) is 0 Å². The quantitative estimate of drug-likeness (QED) is 0.695. The number of sulfone groups is 1. The Morgan fingerprint density at radius 1 is 1.33 bits per heavy atom. The second-order valence-electron chi connectivity index (χ2n) is 1.79. The van der Waals surface area contributed by atoms with Gasteiger partial charge in [-0.3, -0.25) is 0 Å². The van der Waals surface area contributed by atoms with Gasteiger partial charge in [-0.1, -0.05) is 0 Å². The van der Waals surface area contributed by atoms with Gasteiger partial charge in [-0.05, 0) is 0 Å². The molecule has 0 aliphatic rings. The summed E-state index contributed by atoms with van der Waals surface area (Å²) in [6, 6.07) is 0. The van der Waals surface area contributed by atoms with Crippen molar-refractivity contribution in [1.82, 2.24) is 0 Å². The molecule has 0 saturated heterocycles. The minimum absolute atomic E-state index is 0.929.